The van der Waals surface area contributed by atoms with Crippen LogP contribution in [-0.4, -0.2) is 38.2 Å². The second-order valence-corrected chi connectivity index (χ2v) is 6.67. The Kier molecular flexibility index (Phi) is 6.84. The fourth-order valence-electron chi connectivity index (χ4n) is 2.75. The van der Waals surface area contributed by atoms with E-state index in [9.17, 15) is 9.18 Å². The first-order valence-corrected chi connectivity index (χ1v) is 9.26. The summed E-state index contributed by atoms with van der Waals surface area (Å²) in [6.45, 7) is 1.13. The number of halogens is 2. The van der Waals surface area contributed by atoms with Crippen molar-refractivity contribution in [3.8, 4) is 5.75 Å². The Balaban J connectivity index is 1.75. The second kappa shape index (κ2) is 9.52. The molecule has 148 valence electrons. The van der Waals surface area contributed by atoms with Crippen molar-refractivity contribution in [2.45, 2.75) is 18.9 Å². The highest BCUT2D eigenvalue weighted by Crippen LogP contribution is 2.27. The summed E-state index contributed by atoms with van der Waals surface area (Å²) in [6.07, 6.45) is 1.95. The molecule has 0 radical (unpaired) electrons. The van der Waals surface area contributed by atoms with Gasteiger partial charge in [-0.2, -0.15) is 0 Å². The number of aliphatic imine (C=N–C) groups is 1. The number of guanidine groups is 1. The van der Waals surface area contributed by atoms with Gasteiger partial charge in [-0.25, -0.2) is 9.38 Å². The van der Waals surface area contributed by atoms with Crippen LogP contribution in [0.5, 0.6) is 5.75 Å². The predicted molar refractivity (Wildman–Crippen MR) is 107 cm³/mol. The summed E-state index contributed by atoms with van der Waals surface area (Å²) in [7, 11) is 1.53. The van der Waals surface area contributed by atoms with Gasteiger partial charge in [0.15, 0.2) is 0 Å². The molecule has 1 saturated heterocycles. The lowest BCUT2D eigenvalue weighted by Crippen LogP contribution is -2.36. The van der Waals surface area contributed by atoms with E-state index in [0.717, 1.165) is 19.4 Å². The van der Waals surface area contributed by atoms with Gasteiger partial charge < -0.3 is 14.8 Å². The molecule has 0 bridgehead atoms. The van der Waals surface area contributed by atoms with Gasteiger partial charge in [0, 0.05) is 17.9 Å². The number of hydrogen-bond donors (Lipinski definition) is 2. The van der Waals surface area contributed by atoms with E-state index in [-0.39, 0.29) is 12.1 Å². The molecule has 8 heteroatoms. The molecular weight excluding hydrogens is 385 g/mol. The van der Waals surface area contributed by atoms with Crippen LogP contribution in [0.15, 0.2) is 47.5 Å². The Bertz CT molecular complexity index is 852. The van der Waals surface area contributed by atoms with Gasteiger partial charge in [0.05, 0.1) is 24.8 Å². The van der Waals surface area contributed by atoms with Gasteiger partial charge in [0.2, 0.25) is 5.96 Å². The molecule has 0 aromatic heterocycles. The molecular formula is C20H21ClFN3O3. The second-order valence-electron chi connectivity index (χ2n) is 6.26. The van der Waals surface area contributed by atoms with E-state index in [1.54, 1.807) is 18.2 Å². The number of methoxy groups -OCH3 is 1. The van der Waals surface area contributed by atoms with Crippen molar-refractivity contribution in [1.82, 2.24) is 5.32 Å². The van der Waals surface area contributed by atoms with Crippen molar-refractivity contribution >= 4 is 29.2 Å². The van der Waals surface area contributed by atoms with Crippen LogP contribution in [0.4, 0.5) is 10.1 Å². The zero-order valence-corrected chi connectivity index (χ0v) is 16.1. The van der Waals surface area contributed by atoms with Crippen LogP contribution in [-0.2, 0) is 4.74 Å². The third-order valence-electron chi connectivity index (χ3n) is 4.23. The number of carbonyl (C=O) groups excluding carboxylic acids is 1. The van der Waals surface area contributed by atoms with Crippen molar-refractivity contribution in [2.24, 2.45) is 4.99 Å². The fourth-order valence-corrected chi connectivity index (χ4v) is 3.01. The smallest absolute Gasteiger partial charge is 0.257 e. The number of nitrogens with zero attached hydrogens (tertiary/aromatic N) is 1. The SMILES string of the molecule is COc1ccc(NC(=NC[C@H]2CCCO2)NC(=O)c2ccc(F)cc2)cc1Cl. The first-order valence-electron chi connectivity index (χ1n) is 8.88. The summed E-state index contributed by atoms with van der Waals surface area (Å²) in [4.78, 5) is 16.9. The first-order chi connectivity index (χ1) is 13.5. The largest absolute Gasteiger partial charge is 0.495 e. The van der Waals surface area contributed by atoms with E-state index < -0.39 is 11.7 Å². The molecule has 0 saturated carbocycles. The average Bonchev–Trinajstić information content (AvgIpc) is 3.20. The van der Waals surface area contributed by atoms with Crippen LogP contribution in [0.2, 0.25) is 5.02 Å². The minimum atomic E-state index is -0.408. The monoisotopic (exact) mass is 405 g/mol. The predicted octanol–water partition coefficient (Wildman–Crippen LogP) is 3.86. The number of benzene rings is 2. The highest BCUT2D eigenvalue weighted by molar-refractivity contribution is 6.32. The highest BCUT2D eigenvalue weighted by atomic mass is 35.5. The summed E-state index contributed by atoms with van der Waals surface area (Å²) >= 11 is 6.16. The maximum atomic E-state index is 13.1. The van der Waals surface area contributed by atoms with Crippen molar-refractivity contribution in [1.29, 1.82) is 0 Å². The van der Waals surface area contributed by atoms with Crippen molar-refractivity contribution in [2.75, 3.05) is 25.6 Å². The molecule has 2 aromatic rings. The Hall–Kier alpha value is -2.64. The van der Waals surface area contributed by atoms with Gasteiger partial charge in [-0.3, -0.25) is 10.1 Å². The summed E-state index contributed by atoms with van der Waals surface area (Å²) in [5, 5.41) is 6.20. The van der Waals surface area contributed by atoms with Crippen LogP contribution in [0.1, 0.15) is 23.2 Å². The molecule has 1 heterocycles. The molecule has 1 atom stereocenters. The topological polar surface area (TPSA) is 71.9 Å². The van der Waals surface area contributed by atoms with E-state index >= 15 is 0 Å². The van der Waals surface area contributed by atoms with Crippen LogP contribution in [0.3, 0.4) is 0 Å². The van der Waals surface area contributed by atoms with Gasteiger partial charge >= 0.3 is 0 Å². The zero-order valence-electron chi connectivity index (χ0n) is 15.4. The van der Waals surface area contributed by atoms with E-state index in [2.05, 4.69) is 15.6 Å². The lowest BCUT2D eigenvalue weighted by atomic mass is 10.2. The van der Waals surface area contributed by atoms with Crippen LogP contribution in [0.25, 0.3) is 0 Å². The zero-order chi connectivity index (χ0) is 19.9. The molecule has 0 aliphatic carbocycles. The van der Waals surface area contributed by atoms with Gasteiger partial charge in [-0.05, 0) is 55.3 Å². The molecule has 6 nitrogen and oxygen atoms in total. The summed E-state index contributed by atoms with van der Waals surface area (Å²) in [5.41, 5.74) is 0.956. The Morgan fingerprint density at radius 2 is 2.11 bits per heavy atom. The van der Waals surface area contributed by atoms with Crippen LogP contribution < -0.4 is 15.4 Å². The van der Waals surface area contributed by atoms with Gasteiger partial charge in [0.25, 0.3) is 5.91 Å². The summed E-state index contributed by atoms with van der Waals surface area (Å²) in [6, 6.07) is 10.4. The molecule has 2 aromatic carbocycles. The van der Waals surface area contributed by atoms with Crippen LogP contribution in [0, 0.1) is 5.82 Å². The van der Waals surface area contributed by atoms with E-state index in [1.165, 1.54) is 31.4 Å². The Morgan fingerprint density at radius 3 is 2.75 bits per heavy atom. The molecule has 1 fully saturated rings. The van der Waals surface area contributed by atoms with Crippen molar-refractivity contribution in [3.63, 3.8) is 0 Å². The van der Waals surface area contributed by atoms with E-state index in [4.69, 9.17) is 21.1 Å². The lowest BCUT2D eigenvalue weighted by Gasteiger charge is -2.14. The lowest BCUT2D eigenvalue weighted by molar-refractivity contribution is 0.0975. The average molecular weight is 406 g/mol. The van der Waals surface area contributed by atoms with Crippen molar-refractivity contribution in [3.05, 3.63) is 58.9 Å². The third-order valence-corrected chi connectivity index (χ3v) is 4.53. The molecule has 1 aliphatic rings. The molecule has 1 amide bonds. The number of ether oxygens (including phenoxy) is 2. The van der Waals surface area contributed by atoms with E-state index in [1.807, 2.05) is 0 Å². The van der Waals surface area contributed by atoms with Gasteiger partial charge in [-0.1, -0.05) is 11.6 Å². The number of hydrogen-bond acceptors (Lipinski definition) is 4. The third kappa shape index (κ3) is 5.43. The normalized spacial score (nSPS) is 16.7. The van der Waals surface area contributed by atoms with E-state index in [0.29, 0.717) is 28.6 Å². The van der Waals surface area contributed by atoms with Crippen LogP contribution >= 0.6 is 11.6 Å². The maximum Gasteiger partial charge on any atom is 0.257 e. The number of carbonyl (C=O) groups is 1. The summed E-state index contributed by atoms with van der Waals surface area (Å²) < 4.78 is 23.8. The molecule has 2 N–H and O–H groups in total. The molecule has 1 aliphatic heterocycles. The molecule has 0 spiro atoms. The highest BCUT2D eigenvalue weighted by Gasteiger charge is 2.16. The standard InChI is InChI=1S/C20H21ClFN3O3/c1-27-18-9-8-15(11-17(18)21)24-20(23-12-16-3-2-10-28-16)25-19(26)13-4-6-14(22)7-5-13/h4-9,11,16H,2-3,10,12H2,1H3,(H2,23,24,25,26)/t16-/m1/s1. The van der Waals surface area contributed by atoms with Crippen molar-refractivity contribution < 1.29 is 18.7 Å². The fraction of sp³-hybridized carbons (Fsp3) is 0.300. The quantitative estimate of drug-likeness (QED) is 0.585. The minimum absolute atomic E-state index is 0.0268. The Morgan fingerprint density at radius 1 is 1.32 bits per heavy atom. The molecule has 3 rings (SSSR count). The van der Waals surface area contributed by atoms with Gasteiger partial charge in [0.1, 0.15) is 11.6 Å². The maximum absolute atomic E-state index is 13.1. The Labute approximate surface area is 167 Å². The number of anilines is 1. The first kappa shape index (κ1) is 20.1. The number of rotatable bonds is 5. The summed E-state index contributed by atoms with van der Waals surface area (Å²) in [5.74, 6) is -0.0144. The minimum Gasteiger partial charge on any atom is -0.495 e. The molecule has 0 unspecified atom stereocenters. The molecule has 28 heavy (non-hydrogen) atoms. The number of nitrogens with one attached hydrogen (secondary N) is 2. The number of amides is 1. The van der Waals surface area contributed by atoms with Gasteiger partial charge in [-0.15, -0.1) is 0 Å².